The quantitative estimate of drug-likeness (QED) is 0.623. The molecule has 0 atom stereocenters. The second-order valence-corrected chi connectivity index (χ2v) is 5.83. The van der Waals surface area contributed by atoms with Crippen molar-refractivity contribution in [1.29, 1.82) is 0 Å². The fraction of sp³-hybridized carbons (Fsp3) is 0.412. The van der Waals surface area contributed by atoms with Gasteiger partial charge in [0.05, 0.1) is 5.56 Å². The third-order valence-corrected chi connectivity index (χ3v) is 4.27. The van der Waals surface area contributed by atoms with Crippen LogP contribution < -0.4 is 0 Å². The maximum Gasteiger partial charge on any atom is 0.416 e. The van der Waals surface area contributed by atoms with Gasteiger partial charge >= 0.3 is 6.18 Å². The zero-order chi connectivity index (χ0) is 16.3. The van der Waals surface area contributed by atoms with Crippen LogP contribution in [0.1, 0.15) is 49.4 Å². The van der Waals surface area contributed by atoms with Gasteiger partial charge in [-0.15, -0.1) is 0 Å². The molecule has 22 heavy (non-hydrogen) atoms. The van der Waals surface area contributed by atoms with Gasteiger partial charge in [0.25, 0.3) is 0 Å². The fourth-order valence-corrected chi connectivity index (χ4v) is 2.84. The first kappa shape index (κ1) is 16.9. The summed E-state index contributed by atoms with van der Waals surface area (Å²) in [6.07, 6.45) is 2.33. The van der Waals surface area contributed by atoms with E-state index in [4.69, 9.17) is 11.6 Å². The van der Waals surface area contributed by atoms with Crippen LogP contribution in [0.3, 0.4) is 0 Å². The molecule has 0 aliphatic carbocycles. The monoisotopic (exact) mass is 329 g/mol. The summed E-state index contributed by atoms with van der Waals surface area (Å²) in [5.41, 5.74) is 1.04. The normalized spacial score (nSPS) is 12.1. The first-order chi connectivity index (χ1) is 10.3. The molecule has 5 heteroatoms. The molecule has 0 bridgehead atoms. The number of aromatic nitrogens is 1. The minimum absolute atomic E-state index is 0.158. The van der Waals surface area contributed by atoms with Crippen molar-refractivity contribution in [3.63, 3.8) is 0 Å². The Morgan fingerprint density at radius 2 is 1.82 bits per heavy atom. The van der Waals surface area contributed by atoms with Crippen molar-refractivity contribution < 1.29 is 13.2 Å². The Bertz CT molecular complexity index is 627. The summed E-state index contributed by atoms with van der Waals surface area (Å²) >= 11 is 6.00. The minimum atomic E-state index is -4.36. The second kappa shape index (κ2) is 6.78. The topological polar surface area (TPSA) is 4.93 Å². The van der Waals surface area contributed by atoms with Crippen LogP contribution in [-0.2, 0) is 12.6 Å². The number of nitrogens with zero attached hydrogens (tertiary/aromatic N) is 1. The third kappa shape index (κ3) is 3.86. The second-order valence-electron chi connectivity index (χ2n) is 5.42. The van der Waals surface area contributed by atoms with Crippen LogP contribution >= 0.6 is 11.6 Å². The van der Waals surface area contributed by atoms with Crippen molar-refractivity contribution in [1.82, 2.24) is 4.57 Å². The number of benzene rings is 1. The van der Waals surface area contributed by atoms with Gasteiger partial charge in [0.2, 0.25) is 0 Å². The van der Waals surface area contributed by atoms with Gasteiger partial charge in [-0.05, 0) is 42.2 Å². The van der Waals surface area contributed by atoms with E-state index in [1.54, 1.807) is 0 Å². The molecule has 0 N–H and O–H groups in total. The lowest BCUT2D eigenvalue weighted by Gasteiger charge is -2.14. The van der Waals surface area contributed by atoms with Crippen molar-refractivity contribution in [2.24, 2.45) is 0 Å². The summed E-state index contributed by atoms with van der Waals surface area (Å²) < 4.78 is 40.1. The zero-order valence-corrected chi connectivity index (χ0v) is 13.4. The Balaban J connectivity index is 2.18. The lowest BCUT2D eigenvalue weighted by atomic mass is 10.1. The van der Waals surface area contributed by atoms with Crippen LogP contribution in [-0.4, -0.2) is 4.57 Å². The summed E-state index contributed by atoms with van der Waals surface area (Å²) in [7, 11) is 0. The van der Waals surface area contributed by atoms with Crippen LogP contribution in [0.15, 0.2) is 36.7 Å². The Morgan fingerprint density at radius 3 is 2.36 bits per heavy atom. The standard InChI is InChI=1S/C17H19ClF3N/c1-3-15(4-2)22-8-7-12(11-22)9-13-5-6-14(10-16(13)18)17(19,20)21/h5-8,10-11,15H,3-4,9H2,1-2H3. The number of rotatable bonds is 5. The van der Waals surface area contributed by atoms with Crippen LogP contribution in [0.5, 0.6) is 0 Å². The highest BCUT2D eigenvalue weighted by Crippen LogP contribution is 2.32. The molecule has 1 aromatic carbocycles. The predicted octanol–water partition coefficient (Wildman–Crippen LogP) is 6.11. The van der Waals surface area contributed by atoms with Gasteiger partial charge < -0.3 is 4.57 Å². The molecule has 0 aliphatic heterocycles. The Labute approximate surface area is 133 Å². The number of alkyl halides is 3. The van der Waals surface area contributed by atoms with E-state index < -0.39 is 11.7 Å². The van der Waals surface area contributed by atoms with Gasteiger partial charge in [0.15, 0.2) is 0 Å². The van der Waals surface area contributed by atoms with Gasteiger partial charge in [0.1, 0.15) is 0 Å². The van der Waals surface area contributed by atoms with Crippen molar-refractivity contribution in [2.75, 3.05) is 0 Å². The molecule has 1 heterocycles. The third-order valence-electron chi connectivity index (χ3n) is 3.91. The van der Waals surface area contributed by atoms with Crippen LogP contribution in [0.4, 0.5) is 13.2 Å². The van der Waals surface area contributed by atoms with E-state index >= 15 is 0 Å². The number of hydrogen-bond acceptors (Lipinski definition) is 0. The largest absolute Gasteiger partial charge is 0.416 e. The van der Waals surface area contributed by atoms with E-state index in [9.17, 15) is 13.2 Å². The molecule has 0 saturated carbocycles. The highest BCUT2D eigenvalue weighted by Gasteiger charge is 2.30. The van der Waals surface area contributed by atoms with Crippen molar-refractivity contribution in [3.8, 4) is 0 Å². The summed E-state index contributed by atoms with van der Waals surface area (Å²) in [5.74, 6) is 0. The molecule has 1 nitrogen and oxygen atoms in total. The van der Waals surface area contributed by atoms with Crippen LogP contribution in [0, 0.1) is 0 Å². The first-order valence-electron chi connectivity index (χ1n) is 7.37. The average Bonchev–Trinajstić information content (AvgIpc) is 2.90. The summed E-state index contributed by atoms with van der Waals surface area (Å²) in [6, 6.07) is 5.98. The SMILES string of the molecule is CCC(CC)n1ccc(Cc2ccc(C(F)(F)F)cc2Cl)c1. The summed E-state index contributed by atoms with van der Waals surface area (Å²) in [5, 5.41) is 0.158. The summed E-state index contributed by atoms with van der Waals surface area (Å²) in [4.78, 5) is 0. The van der Waals surface area contributed by atoms with Crippen LogP contribution in [0.25, 0.3) is 0 Å². The Morgan fingerprint density at radius 1 is 1.14 bits per heavy atom. The Hall–Kier alpha value is -1.42. The maximum atomic E-state index is 12.6. The first-order valence-corrected chi connectivity index (χ1v) is 7.75. The van der Waals surface area contributed by atoms with E-state index in [2.05, 4.69) is 18.4 Å². The lowest BCUT2D eigenvalue weighted by molar-refractivity contribution is -0.137. The molecule has 0 radical (unpaired) electrons. The minimum Gasteiger partial charge on any atom is -0.351 e. The van der Waals surface area contributed by atoms with Gasteiger partial charge in [-0.25, -0.2) is 0 Å². The smallest absolute Gasteiger partial charge is 0.351 e. The van der Waals surface area contributed by atoms with E-state index in [-0.39, 0.29) is 5.02 Å². The number of hydrogen-bond donors (Lipinski definition) is 0. The lowest BCUT2D eigenvalue weighted by Crippen LogP contribution is -2.05. The fourth-order valence-electron chi connectivity index (χ4n) is 2.59. The van der Waals surface area contributed by atoms with Crippen LogP contribution in [0.2, 0.25) is 5.02 Å². The van der Waals surface area contributed by atoms with Gasteiger partial charge in [-0.3, -0.25) is 0 Å². The summed E-state index contributed by atoms with van der Waals surface area (Å²) in [6.45, 7) is 4.28. The molecule has 1 aromatic heterocycles. The molecule has 2 aromatic rings. The van der Waals surface area contributed by atoms with Crippen molar-refractivity contribution in [3.05, 3.63) is 58.4 Å². The molecule has 2 rings (SSSR count). The highest BCUT2D eigenvalue weighted by atomic mass is 35.5. The molecule has 120 valence electrons. The molecule has 0 unspecified atom stereocenters. The van der Waals surface area contributed by atoms with E-state index in [1.165, 1.54) is 6.07 Å². The maximum absolute atomic E-state index is 12.6. The van der Waals surface area contributed by atoms with Gasteiger partial charge in [-0.2, -0.15) is 13.2 Å². The van der Waals surface area contributed by atoms with E-state index in [0.717, 1.165) is 30.5 Å². The Kier molecular flexibility index (Phi) is 5.22. The van der Waals surface area contributed by atoms with E-state index in [0.29, 0.717) is 18.0 Å². The molecular formula is C17H19ClF3N. The number of halogens is 4. The van der Waals surface area contributed by atoms with Gasteiger partial charge in [0, 0.05) is 29.9 Å². The molecular weight excluding hydrogens is 311 g/mol. The molecule has 0 aliphatic rings. The van der Waals surface area contributed by atoms with E-state index in [1.807, 2.05) is 18.5 Å². The van der Waals surface area contributed by atoms with Gasteiger partial charge in [-0.1, -0.05) is 31.5 Å². The zero-order valence-electron chi connectivity index (χ0n) is 12.6. The highest BCUT2D eigenvalue weighted by molar-refractivity contribution is 6.31. The molecule has 0 amide bonds. The van der Waals surface area contributed by atoms with Crippen molar-refractivity contribution >= 4 is 11.6 Å². The molecule has 0 spiro atoms. The van der Waals surface area contributed by atoms with Crippen molar-refractivity contribution in [2.45, 2.75) is 45.3 Å². The molecule has 0 saturated heterocycles. The predicted molar refractivity (Wildman–Crippen MR) is 83.3 cm³/mol. The molecule has 0 fully saturated rings. The average molecular weight is 330 g/mol.